The lowest BCUT2D eigenvalue weighted by molar-refractivity contribution is 0.0886. The fourth-order valence-corrected chi connectivity index (χ4v) is 3.60. The molecule has 2 aromatic rings. The van der Waals surface area contributed by atoms with Crippen molar-refractivity contribution in [3.8, 4) is 0 Å². The second-order valence-corrected chi connectivity index (χ2v) is 6.88. The average Bonchev–Trinajstić information content (AvgIpc) is 2.62. The number of nitrogens with two attached hydrogens (primary N) is 1. The summed E-state index contributed by atoms with van der Waals surface area (Å²) < 4.78 is 0. The highest BCUT2D eigenvalue weighted by Gasteiger charge is 2.24. The van der Waals surface area contributed by atoms with Gasteiger partial charge in [-0.2, -0.15) is 0 Å². The second kappa shape index (κ2) is 8.63. The van der Waals surface area contributed by atoms with Crippen molar-refractivity contribution in [3.05, 3.63) is 70.7 Å². The molecule has 2 aromatic carbocycles. The third-order valence-corrected chi connectivity index (χ3v) is 5.04. The van der Waals surface area contributed by atoms with Gasteiger partial charge in [-0.3, -0.25) is 9.80 Å². The van der Waals surface area contributed by atoms with Crippen LogP contribution in [0.1, 0.15) is 23.6 Å². The first-order valence-corrected chi connectivity index (χ1v) is 9.10. The SMILES string of the molecule is NCCC(c1ccc(Cl)cc1)N1CCN(Cc2ccccc2)CC1. The summed E-state index contributed by atoms with van der Waals surface area (Å²) in [6.07, 6.45) is 0.986. The Morgan fingerprint density at radius 1 is 0.917 bits per heavy atom. The van der Waals surface area contributed by atoms with E-state index in [0.717, 1.165) is 44.2 Å². The third-order valence-electron chi connectivity index (χ3n) is 4.79. The molecular weight excluding hydrogens is 318 g/mol. The van der Waals surface area contributed by atoms with Crippen molar-refractivity contribution in [1.82, 2.24) is 9.80 Å². The third kappa shape index (κ3) is 4.58. The predicted molar refractivity (Wildman–Crippen MR) is 101 cm³/mol. The zero-order chi connectivity index (χ0) is 16.8. The van der Waals surface area contributed by atoms with E-state index in [1.807, 2.05) is 12.1 Å². The van der Waals surface area contributed by atoms with E-state index >= 15 is 0 Å². The van der Waals surface area contributed by atoms with Crippen LogP contribution in [-0.4, -0.2) is 42.5 Å². The molecule has 0 aliphatic carbocycles. The average molecular weight is 344 g/mol. The number of benzene rings is 2. The Morgan fingerprint density at radius 2 is 1.58 bits per heavy atom. The van der Waals surface area contributed by atoms with E-state index in [2.05, 4.69) is 52.3 Å². The Kier molecular flexibility index (Phi) is 6.27. The van der Waals surface area contributed by atoms with Crippen LogP contribution in [0.15, 0.2) is 54.6 Å². The predicted octanol–water partition coefficient (Wildman–Crippen LogP) is 3.55. The Balaban J connectivity index is 1.60. The van der Waals surface area contributed by atoms with Crippen LogP contribution in [0.3, 0.4) is 0 Å². The lowest BCUT2D eigenvalue weighted by atomic mass is 10.0. The van der Waals surface area contributed by atoms with Crippen molar-refractivity contribution in [2.45, 2.75) is 19.0 Å². The summed E-state index contributed by atoms with van der Waals surface area (Å²) in [6, 6.07) is 19.3. The molecule has 24 heavy (non-hydrogen) atoms. The van der Waals surface area contributed by atoms with Crippen LogP contribution in [0.25, 0.3) is 0 Å². The minimum atomic E-state index is 0.395. The van der Waals surface area contributed by atoms with Crippen LogP contribution in [0.4, 0.5) is 0 Å². The molecule has 3 nitrogen and oxygen atoms in total. The zero-order valence-corrected chi connectivity index (χ0v) is 14.8. The highest BCUT2D eigenvalue weighted by Crippen LogP contribution is 2.26. The quantitative estimate of drug-likeness (QED) is 0.870. The summed E-state index contributed by atoms with van der Waals surface area (Å²) in [5.41, 5.74) is 8.58. The van der Waals surface area contributed by atoms with Crippen LogP contribution < -0.4 is 5.73 Å². The molecule has 0 bridgehead atoms. The van der Waals surface area contributed by atoms with Crippen molar-refractivity contribution in [2.24, 2.45) is 5.73 Å². The Morgan fingerprint density at radius 3 is 2.21 bits per heavy atom. The molecule has 1 fully saturated rings. The Labute approximate surface area is 150 Å². The standard InChI is InChI=1S/C20H26ClN3/c21-19-8-6-18(7-9-19)20(10-11-22)24-14-12-23(13-15-24)16-17-4-2-1-3-5-17/h1-9,20H,10-16,22H2. The molecule has 3 rings (SSSR count). The summed E-state index contributed by atoms with van der Waals surface area (Å²) >= 11 is 6.03. The van der Waals surface area contributed by atoms with Gasteiger partial charge >= 0.3 is 0 Å². The van der Waals surface area contributed by atoms with Crippen molar-refractivity contribution >= 4 is 11.6 Å². The van der Waals surface area contributed by atoms with Crippen LogP contribution in [0.2, 0.25) is 5.02 Å². The van der Waals surface area contributed by atoms with E-state index in [-0.39, 0.29) is 0 Å². The molecule has 1 saturated heterocycles. The first-order chi connectivity index (χ1) is 11.8. The summed E-state index contributed by atoms with van der Waals surface area (Å²) in [5, 5.41) is 0.790. The molecule has 1 aliphatic heterocycles. The molecule has 1 unspecified atom stereocenters. The van der Waals surface area contributed by atoms with Gasteiger partial charge in [-0.15, -0.1) is 0 Å². The molecule has 0 amide bonds. The van der Waals surface area contributed by atoms with Crippen molar-refractivity contribution < 1.29 is 0 Å². The summed E-state index contributed by atoms with van der Waals surface area (Å²) in [5.74, 6) is 0. The van der Waals surface area contributed by atoms with Crippen molar-refractivity contribution in [1.29, 1.82) is 0 Å². The van der Waals surface area contributed by atoms with Gasteiger partial charge in [0.2, 0.25) is 0 Å². The maximum absolute atomic E-state index is 6.03. The topological polar surface area (TPSA) is 32.5 Å². The van der Waals surface area contributed by atoms with Gasteiger partial charge in [0.1, 0.15) is 0 Å². The van der Waals surface area contributed by atoms with Crippen LogP contribution in [0.5, 0.6) is 0 Å². The van der Waals surface area contributed by atoms with Crippen LogP contribution in [-0.2, 0) is 6.54 Å². The molecular formula is C20H26ClN3. The molecule has 1 aliphatic rings. The largest absolute Gasteiger partial charge is 0.330 e. The van der Waals surface area contributed by atoms with E-state index in [1.54, 1.807) is 0 Å². The molecule has 0 saturated carbocycles. The van der Waals surface area contributed by atoms with Gasteiger partial charge in [0.15, 0.2) is 0 Å². The molecule has 0 aromatic heterocycles. The van der Waals surface area contributed by atoms with Crippen molar-refractivity contribution in [3.63, 3.8) is 0 Å². The maximum atomic E-state index is 6.03. The van der Waals surface area contributed by atoms with Crippen LogP contribution >= 0.6 is 11.6 Å². The monoisotopic (exact) mass is 343 g/mol. The fraction of sp³-hybridized carbons (Fsp3) is 0.400. The Bertz CT molecular complexity index is 607. The number of hydrogen-bond donors (Lipinski definition) is 1. The molecule has 1 atom stereocenters. The van der Waals surface area contributed by atoms with Gasteiger partial charge in [-0.25, -0.2) is 0 Å². The number of nitrogens with zero attached hydrogens (tertiary/aromatic N) is 2. The number of hydrogen-bond acceptors (Lipinski definition) is 3. The molecule has 1 heterocycles. The summed E-state index contributed by atoms with van der Waals surface area (Å²) in [4.78, 5) is 5.10. The summed E-state index contributed by atoms with van der Waals surface area (Å²) in [7, 11) is 0. The van der Waals surface area contributed by atoms with Gasteiger partial charge in [0.05, 0.1) is 0 Å². The first-order valence-electron chi connectivity index (χ1n) is 8.72. The van der Waals surface area contributed by atoms with Gasteiger partial charge < -0.3 is 5.73 Å². The highest BCUT2D eigenvalue weighted by atomic mass is 35.5. The minimum Gasteiger partial charge on any atom is -0.330 e. The highest BCUT2D eigenvalue weighted by molar-refractivity contribution is 6.30. The van der Waals surface area contributed by atoms with Gasteiger partial charge in [0.25, 0.3) is 0 Å². The fourth-order valence-electron chi connectivity index (χ4n) is 3.48. The zero-order valence-electron chi connectivity index (χ0n) is 14.1. The van der Waals surface area contributed by atoms with E-state index < -0.39 is 0 Å². The maximum Gasteiger partial charge on any atom is 0.0406 e. The van der Waals surface area contributed by atoms with Gasteiger partial charge in [-0.1, -0.05) is 54.1 Å². The number of piperazine rings is 1. The molecule has 2 N–H and O–H groups in total. The smallest absolute Gasteiger partial charge is 0.0406 e. The second-order valence-electron chi connectivity index (χ2n) is 6.44. The van der Waals surface area contributed by atoms with Crippen LogP contribution in [0, 0.1) is 0 Å². The first kappa shape index (κ1) is 17.4. The molecule has 0 spiro atoms. The number of rotatable bonds is 6. The normalized spacial score (nSPS) is 17.8. The minimum absolute atomic E-state index is 0.395. The number of halogens is 1. The molecule has 4 heteroatoms. The van der Waals surface area contributed by atoms with E-state index in [9.17, 15) is 0 Å². The van der Waals surface area contributed by atoms with E-state index in [4.69, 9.17) is 17.3 Å². The van der Waals surface area contributed by atoms with Gasteiger partial charge in [-0.05, 0) is 36.2 Å². The van der Waals surface area contributed by atoms with E-state index in [1.165, 1.54) is 11.1 Å². The lowest BCUT2D eigenvalue weighted by Crippen LogP contribution is -2.47. The van der Waals surface area contributed by atoms with Gasteiger partial charge in [0, 0.05) is 43.8 Å². The summed E-state index contributed by atoms with van der Waals surface area (Å²) in [6.45, 7) is 6.11. The molecule has 128 valence electrons. The van der Waals surface area contributed by atoms with E-state index in [0.29, 0.717) is 12.6 Å². The molecule has 0 radical (unpaired) electrons. The Hall–Kier alpha value is -1.39. The lowest BCUT2D eigenvalue weighted by Gasteiger charge is -2.39. The van der Waals surface area contributed by atoms with Crippen molar-refractivity contribution in [2.75, 3.05) is 32.7 Å².